The standard InChI is InChI=1S/C13H18O/c1-9(2)8-12-13(14-12)11-6-4-10(3)5-7-11/h4-7,9,12-13H,8H2,1-3H3/t12-,13+/m1/s1. The molecule has 0 bridgehead atoms. The molecule has 1 saturated heterocycles. The molecular weight excluding hydrogens is 172 g/mol. The Kier molecular flexibility index (Phi) is 2.60. The lowest BCUT2D eigenvalue weighted by Gasteiger charge is -2.00. The number of aryl methyl sites for hydroxylation is 1. The molecule has 1 aromatic carbocycles. The van der Waals surface area contributed by atoms with Gasteiger partial charge < -0.3 is 4.74 Å². The van der Waals surface area contributed by atoms with Gasteiger partial charge in [-0.2, -0.15) is 0 Å². The van der Waals surface area contributed by atoms with Crippen molar-refractivity contribution in [2.24, 2.45) is 5.92 Å². The van der Waals surface area contributed by atoms with Crippen molar-refractivity contribution >= 4 is 0 Å². The van der Waals surface area contributed by atoms with Crippen molar-refractivity contribution in [3.63, 3.8) is 0 Å². The van der Waals surface area contributed by atoms with Gasteiger partial charge in [0, 0.05) is 0 Å². The Bertz CT molecular complexity index is 300. The van der Waals surface area contributed by atoms with Crippen LogP contribution in [-0.4, -0.2) is 6.10 Å². The van der Waals surface area contributed by atoms with Gasteiger partial charge in [0.25, 0.3) is 0 Å². The Hall–Kier alpha value is -0.820. The summed E-state index contributed by atoms with van der Waals surface area (Å²) in [6, 6.07) is 8.67. The lowest BCUT2D eigenvalue weighted by molar-refractivity contribution is 0.348. The molecule has 1 aliphatic heterocycles. The van der Waals surface area contributed by atoms with Gasteiger partial charge in [0.15, 0.2) is 0 Å². The molecule has 1 fully saturated rings. The first-order valence-electron chi connectivity index (χ1n) is 5.39. The van der Waals surface area contributed by atoms with Crippen molar-refractivity contribution in [1.82, 2.24) is 0 Å². The lowest BCUT2D eigenvalue weighted by Crippen LogP contribution is -1.95. The molecule has 0 amide bonds. The van der Waals surface area contributed by atoms with Crippen LogP contribution in [0.4, 0.5) is 0 Å². The topological polar surface area (TPSA) is 12.5 Å². The van der Waals surface area contributed by atoms with Gasteiger partial charge >= 0.3 is 0 Å². The van der Waals surface area contributed by atoms with Crippen LogP contribution in [0.1, 0.15) is 37.5 Å². The fourth-order valence-electron chi connectivity index (χ4n) is 1.84. The van der Waals surface area contributed by atoms with Gasteiger partial charge in [-0.15, -0.1) is 0 Å². The van der Waals surface area contributed by atoms with E-state index in [4.69, 9.17) is 4.74 Å². The SMILES string of the molecule is Cc1ccc([C@@H]2O[C@@H]2CC(C)C)cc1. The normalized spacial score (nSPS) is 25.4. The van der Waals surface area contributed by atoms with Crippen LogP contribution >= 0.6 is 0 Å². The molecule has 0 saturated carbocycles. The third-order valence-electron chi connectivity index (χ3n) is 2.69. The van der Waals surface area contributed by atoms with Crippen LogP contribution < -0.4 is 0 Å². The van der Waals surface area contributed by atoms with Crippen LogP contribution in [0.2, 0.25) is 0 Å². The van der Waals surface area contributed by atoms with E-state index in [-0.39, 0.29) is 0 Å². The van der Waals surface area contributed by atoms with E-state index in [0.29, 0.717) is 12.2 Å². The maximum absolute atomic E-state index is 5.65. The van der Waals surface area contributed by atoms with Crippen molar-refractivity contribution in [3.8, 4) is 0 Å². The minimum absolute atomic E-state index is 0.373. The van der Waals surface area contributed by atoms with Gasteiger partial charge in [0.2, 0.25) is 0 Å². The summed E-state index contributed by atoms with van der Waals surface area (Å²) in [5.41, 5.74) is 2.65. The fourth-order valence-corrected chi connectivity index (χ4v) is 1.84. The number of benzene rings is 1. The predicted octanol–water partition coefficient (Wildman–Crippen LogP) is 3.48. The van der Waals surface area contributed by atoms with Crippen molar-refractivity contribution < 1.29 is 4.74 Å². The first-order valence-corrected chi connectivity index (χ1v) is 5.39. The maximum atomic E-state index is 5.65. The van der Waals surface area contributed by atoms with Crippen molar-refractivity contribution in [3.05, 3.63) is 35.4 Å². The zero-order valence-electron chi connectivity index (χ0n) is 9.16. The monoisotopic (exact) mass is 190 g/mol. The summed E-state index contributed by atoms with van der Waals surface area (Å²) in [7, 11) is 0. The van der Waals surface area contributed by atoms with E-state index in [2.05, 4.69) is 45.0 Å². The summed E-state index contributed by atoms with van der Waals surface area (Å²) < 4.78 is 5.65. The van der Waals surface area contributed by atoms with Crippen LogP contribution in [0.25, 0.3) is 0 Å². The molecular formula is C13H18O. The highest BCUT2D eigenvalue weighted by Crippen LogP contribution is 2.42. The third-order valence-corrected chi connectivity index (χ3v) is 2.69. The lowest BCUT2D eigenvalue weighted by atomic mass is 10.0. The Labute approximate surface area is 86.1 Å². The second-order valence-corrected chi connectivity index (χ2v) is 4.64. The van der Waals surface area contributed by atoms with E-state index in [1.54, 1.807) is 0 Å². The molecule has 76 valence electrons. The minimum Gasteiger partial charge on any atom is -0.364 e. The van der Waals surface area contributed by atoms with Crippen molar-refractivity contribution in [1.29, 1.82) is 0 Å². The van der Waals surface area contributed by atoms with Crippen LogP contribution in [0.15, 0.2) is 24.3 Å². The molecule has 0 unspecified atom stereocenters. The summed E-state index contributed by atoms with van der Waals surface area (Å²) >= 11 is 0. The summed E-state index contributed by atoms with van der Waals surface area (Å²) in [5, 5.41) is 0. The van der Waals surface area contributed by atoms with Gasteiger partial charge in [-0.25, -0.2) is 0 Å². The first kappa shape index (κ1) is 9.72. The van der Waals surface area contributed by atoms with Crippen LogP contribution in [0, 0.1) is 12.8 Å². The van der Waals surface area contributed by atoms with Gasteiger partial charge in [-0.3, -0.25) is 0 Å². The smallest absolute Gasteiger partial charge is 0.109 e. The van der Waals surface area contributed by atoms with Gasteiger partial charge in [-0.05, 0) is 24.8 Å². The number of hydrogen-bond donors (Lipinski definition) is 0. The molecule has 1 aliphatic rings. The molecule has 2 rings (SSSR count). The summed E-state index contributed by atoms with van der Waals surface area (Å²) in [6.45, 7) is 6.60. The van der Waals surface area contributed by atoms with E-state index in [0.717, 1.165) is 5.92 Å². The van der Waals surface area contributed by atoms with Gasteiger partial charge in [0.1, 0.15) is 6.10 Å². The Morgan fingerprint density at radius 3 is 2.43 bits per heavy atom. The fraction of sp³-hybridized carbons (Fsp3) is 0.538. The Morgan fingerprint density at radius 1 is 1.21 bits per heavy atom. The third kappa shape index (κ3) is 2.16. The molecule has 0 spiro atoms. The van der Waals surface area contributed by atoms with E-state index in [9.17, 15) is 0 Å². The summed E-state index contributed by atoms with van der Waals surface area (Å²) in [6.07, 6.45) is 2.02. The molecule has 0 radical (unpaired) electrons. The van der Waals surface area contributed by atoms with E-state index in [1.165, 1.54) is 17.5 Å². The molecule has 1 heteroatoms. The van der Waals surface area contributed by atoms with E-state index in [1.807, 2.05) is 0 Å². The highest BCUT2D eigenvalue weighted by molar-refractivity contribution is 5.26. The highest BCUT2D eigenvalue weighted by atomic mass is 16.6. The molecule has 1 nitrogen and oxygen atoms in total. The van der Waals surface area contributed by atoms with Crippen molar-refractivity contribution in [2.75, 3.05) is 0 Å². The summed E-state index contributed by atoms with van der Waals surface area (Å²) in [4.78, 5) is 0. The summed E-state index contributed by atoms with van der Waals surface area (Å²) in [5.74, 6) is 0.732. The molecule has 1 heterocycles. The Balaban J connectivity index is 1.96. The molecule has 14 heavy (non-hydrogen) atoms. The average Bonchev–Trinajstić information content (AvgIpc) is 2.84. The largest absolute Gasteiger partial charge is 0.364 e. The molecule has 1 aromatic rings. The molecule has 0 aromatic heterocycles. The second-order valence-electron chi connectivity index (χ2n) is 4.64. The van der Waals surface area contributed by atoms with Gasteiger partial charge in [-0.1, -0.05) is 43.7 Å². The quantitative estimate of drug-likeness (QED) is 0.665. The minimum atomic E-state index is 0.373. The zero-order valence-corrected chi connectivity index (χ0v) is 9.16. The maximum Gasteiger partial charge on any atom is 0.109 e. The number of epoxide rings is 1. The van der Waals surface area contributed by atoms with Crippen LogP contribution in [-0.2, 0) is 4.74 Å². The number of rotatable bonds is 3. The van der Waals surface area contributed by atoms with Crippen molar-refractivity contribution in [2.45, 2.75) is 39.4 Å². The van der Waals surface area contributed by atoms with Crippen LogP contribution in [0.5, 0.6) is 0 Å². The second kappa shape index (κ2) is 3.74. The Morgan fingerprint density at radius 2 is 1.86 bits per heavy atom. The first-order chi connectivity index (χ1) is 6.66. The highest BCUT2D eigenvalue weighted by Gasteiger charge is 2.39. The molecule has 0 N–H and O–H groups in total. The van der Waals surface area contributed by atoms with Crippen LogP contribution in [0.3, 0.4) is 0 Å². The zero-order chi connectivity index (χ0) is 10.1. The number of hydrogen-bond acceptors (Lipinski definition) is 1. The van der Waals surface area contributed by atoms with Gasteiger partial charge in [0.05, 0.1) is 6.10 Å². The van der Waals surface area contributed by atoms with E-state index >= 15 is 0 Å². The molecule has 0 aliphatic carbocycles. The van der Waals surface area contributed by atoms with E-state index < -0.39 is 0 Å². The molecule has 2 atom stereocenters. The number of ether oxygens (including phenoxy) is 1. The average molecular weight is 190 g/mol. The predicted molar refractivity (Wildman–Crippen MR) is 58.2 cm³/mol.